The minimum atomic E-state index is -0.413. The number of methoxy groups -OCH3 is 1. The van der Waals surface area contributed by atoms with Crippen LogP contribution in [0, 0.1) is 6.92 Å². The number of carbonyl (C=O) groups is 2. The van der Waals surface area contributed by atoms with Gasteiger partial charge in [-0.3, -0.25) is 4.79 Å². The Labute approximate surface area is 128 Å². The minimum Gasteiger partial charge on any atom is -0.484 e. The van der Waals surface area contributed by atoms with Crippen LogP contribution in [0.4, 0.5) is 5.69 Å². The summed E-state index contributed by atoms with van der Waals surface area (Å²) in [5.41, 5.74) is 2.28. The summed E-state index contributed by atoms with van der Waals surface area (Å²) in [6.07, 6.45) is 0. The summed E-state index contributed by atoms with van der Waals surface area (Å²) in [6, 6.07) is 13.9. The topological polar surface area (TPSA) is 64.6 Å². The molecule has 0 radical (unpaired) electrons. The molecule has 0 aliphatic carbocycles. The van der Waals surface area contributed by atoms with Crippen molar-refractivity contribution in [3.63, 3.8) is 0 Å². The van der Waals surface area contributed by atoms with Gasteiger partial charge in [0.15, 0.2) is 6.61 Å². The van der Waals surface area contributed by atoms with Crippen LogP contribution in [-0.2, 0) is 9.53 Å². The van der Waals surface area contributed by atoms with Gasteiger partial charge in [-0.05, 0) is 43.3 Å². The average Bonchev–Trinajstić information content (AvgIpc) is 2.55. The highest BCUT2D eigenvalue weighted by atomic mass is 16.5. The Morgan fingerprint density at radius 2 is 1.64 bits per heavy atom. The molecule has 0 aromatic heterocycles. The molecule has 22 heavy (non-hydrogen) atoms. The molecule has 0 aliphatic rings. The van der Waals surface area contributed by atoms with Crippen molar-refractivity contribution in [2.45, 2.75) is 6.92 Å². The maximum atomic E-state index is 11.8. The lowest BCUT2D eigenvalue weighted by Gasteiger charge is -2.08. The van der Waals surface area contributed by atoms with E-state index in [1.807, 2.05) is 31.2 Å². The van der Waals surface area contributed by atoms with Crippen LogP contribution in [-0.4, -0.2) is 25.6 Å². The number of ether oxygens (including phenoxy) is 2. The van der Waals surface area contributed by atoms with E-state index in [1.54, 1.807) is 24.3 Å². The zero-order chi connectivity index (χ0) is 15.9. The van der Waals surface area contributed by atoms with Crippen molar-refractivity contribution in [2.75, 3.05) is 19.0 Å². The molecule has 0 spiro atoms. The Kier molecular flexibility index (Phi) is 5.14. The van der Waals surface area contributed by atoms with Crippen LogP contribution in [0.5, 0.6) is 5.75 Å². The predicted octanol–water partition coefficient (Wildman–Crippen LogP) is 2.80. The summed E-state index contributed by atoms with van der Waals surface area (Å²) in [7, 11) is 1.32. The Hall–Kier alpha value is -2.82. The lowest BCUT2D eigenvalue weighted by molar-refractivity contribution is -0.118. The summed E-state index contributed by atoms with van der Waals surface area (Å²) >= 11 is 0. The fourth-order valence-electron chi connectivity index (χ4n) is 1.79. The summed E-state index contributed by atoms with van der Waals surface area (Å²) in [5, 5.41) is 2.74. The molecule has 0 atom stereocenters. The van der Waals surface area contributed by atoms with E-state index in [0.29, 0.717) is 11.3 Å². The van der Waals surface area contributed by atoms with Crippen molar-refractivity contribution in [1.29, 1.82) is 0 Å². The highest BCUT2D eigenvalue weighted by molar-refractivity contribution is 5.92. The molecule has 5 nitrogen and oxygen atoms in total. The molecular formula is C17H17NO4. The third kappa shape index (κ3) is 4.34. The molecule has 5 heteroatoms. The molecular weight excluding hydrogens is 282 g/mol. The third-order valence-electron chi connectivity index (χ3n) is 2.98. The molecule has 114 valence electrons. The first-order valence-electron chi connectivity index (χ1n) is 6.76. The van der Waals surface area contributed by atoms with Crippen LogP contribution in [0.3, 0.4) is 0 Å². The summed E-state index contributed by atoms with van der Waals surface area (Å²) in [5.74, 6) is -0.156. The number of amides is 1. The SMILES string of the molecule is COC(=O)c1ccc(OCC(=O)Nc2ccc(C)cc2)cc1. The van der Waals surface area contributed by atoms with Crippen LogP contribution in [0.25, 0.3) is 0 Å². The largest absolute Gasteiger partial charge is 0.484 e. The molecule has 0 heterocycles. The normalized spacial score (nSPS) is 9.91. The van der Waals surface area contributed by atoms with E-state index in [2.05, 4.69) is 10.1 Å². The molecule has 1 amide bonds. The van der Waals surface area contributed by atoms with E-state index >= 15 is 0 Å². The number of hydrogen-bond donors (Lipinski definition) is 1. The second-order valence-corrected chi connectivity index (χ2v) is 4.72. The van der Waals surface area contributed by atoms with Gasteiger partial charge in [0.1, 0.15) is 5.75 Å². The van der Waals surface area contributed by atoms with Crippen molar-refractivity contribution >= 4 is 17.6 Å². The first-order valence-corrected chi connectivity index (χ1v) is 6.76. The molecule has 0 saturated carbocycles. The smallest absolute Gasteiger partial charge is 0.337 e. The van der Waals surface area contributed by atoms with Gasteiger partial charge >= 0.3 is 5.97 Å². The van der Waals surface area contributed by atoms with Gasteiger partial charge in [0, 0.05) is 5.69 Å². The number of hydrogen-bond acceptors (Lipinski definition) is 4. The van der Waals surface area contributed by atoms with Gasteiger partial charge in [0.05, 0.1) is 12.7 Å². The predicted molar refractivity (Wildman–Crippen MR) is 83.1 cm³/mol. The lowest BCUT2D eigenvalue weighted by atomic mass is 10.2. The first-order chi connectivity index (χ1) is 10.6. The van der Waals surface area contributed by atoms with E-state index in [9.17, 15) is 9.59 Å². The maximum Gasteiger partial charge on any atom is 0.337 e. The fourth-order valence-corrected chi connectivity index (χ4v) is 1.79. The monoisotopic (exact) mass is 299 g/mol. The Balaban J connectivity index is 1.85. The van der Waals surface area contributed by atoms with Crippen molar-refractivity contribution in [1.82, 2.24) is 0 Å². The zero-order valence-corrected chi connectivity index (χ0v) is 12.5. The van der Waals surface area contributed by atoms with E-state index in [0.717, 1.165) is 11.3 Å². The molecule has 0 aliphatic heterocycles. The van der Waals surface area contributed by atoms with Crippen molar-refractivity contribution in [2.24, 2.45) is 0 Å². The molecule has 0 fully saturated rings. The highest BCUT2D eigenvalue weighted by Gasteiger charge is 2.06. The van der Waals surface area contributed by atoms with Crippen molar-refractivity contribution in [3.05, 3.63) is 59.7 Å². The van der Waals surface area contributed by atoms with Gasteiger partial charge in [0.2, 0.25) is 0 Å². The lowest BCUT2D eigenvalue weighted by Crippen LogP contribution is -2.20. The number of anilines is 1. The first kappa shape index (κ1) is 15.6. The van der Waals surface area contributed by atoms with E-state index < -0.39 is 5.97 Å². The molecule has 0 bridgehead atoms. The van der Waals surface area contributed by atoms with E-state index in [4.69, 9.17) is 4.74 Å². The molecule has 0 unspecified atom stereocenters. The average molecular weight is 299 g/mol. The second-order valence-electron chi connectivity index (χ2n) is 4.72. The number of carbonyl (C=O) groups excluding carboxylic acids is 2. The summed E-state index contributed by atoms with van der Waals surface area (Å²) in [6.45, 7) is 1.87. The molecule has 2 rings (SSSR count). The number of benzene rings is 2. The third-order valence-corrected chi connectivity index (χ3v) is 2.98. The van der Waals surface area contributed by atoms with Gasteiger partial charge in [-0.15, -0.1) is 0 Å². The van der Waals surface area contributed by atoms with Crippen LogP contribution in [0.1, 0.15) is 15.9 Å². The fraction of sp³-hybridized carbons (Fsp3) is 0.176. The van der Waals surface area contributed by atoms with Gasteiger partial charge in [-0.1, -0.05) is 17.7 Å². The highest BCUT2D eigenvalue weighted by Crippen LogP contribution is 2.13. The van der Waals surface area contributed by atoms with Gasteiger partial charge in [0.25, 0.3) is 5.91 Å². The number of esters is 1. The number of nitrogens with one attached hydrogen (secondary N) is 1. The van der Waals surface area contributed by atoms with Crippen LogP contribution in [0.2, 0.25) is 0 Å². The molecule has 2 aromatic carbocycles. The standard InChI is InChI=1S/C17H17NO4/c1-12-3-7-14(8-4-12)18-16(19)11-22-15-9-5-13(6-10-15)17(20)21-2/h3-10H,11H2,1-2H3,(H,18,19). The Morgan fingerprint density at radius 3 is 2.23 bits per heavy atom. The van der Waals surface area contributed by atoms with Gasteiger partial charge < -0.3 is 14.8 Å². The quantitative estimate of drug-likeness (QED) is 0.862. The molecule has 2 aromatic rings. The summed E-state index contributed by atoms with van der Waals surface area (Å²) < 4.78 is 9.97. The Morgan fingerprint density at radius 1 is 1.00 bits per heavy atom. The second kappa shape index (κ2) is 7.26. The van der Waals surface area contributed by atoms with Crippen molar-refractivity contribution in [3.8, 4) is 5.75 Å². The van der Waals surface area contributed by atoms with Gasteiger partial charge in [-0.25, -0.2) is 4.79 Å². The van der Waals surface area contributed by atoms with E-state index in [1.165, 1.54) is 7.11 Å². The Bertz CT molecular complexity index is 647. The maximum absolute atomic E-state index is 11.8. The molecule has 1 N–H and O–H groups in total. The number of rotatable bonds is 5. The zero-order valence-electron chi connectivity index (χ0n) is 12.5. The van der Waals surface area contributed by atoms with Crippen molar-refractivity contribution < 1.29 is 19.1 Å². The van der Waals surface area contributed by atoms with Crippen LogP contribution < -0.4 is 10.1 Å². The number of aryl methyl sites for hydroxylation is 1. The summed E-state index contributed by atoms with van der Waals surface area (Å²) in [4.78, 5) is 23.1. The molecule has 0 saturated heterocycles. The minimum absolute atomic E-state index is 0.106. The van der Waals surface area contributed by atoms with Crippen LogP contribution >= 0.6 is 0 Å². The van der Waals surface area contributed by atoms with E-state index in [-0.39, 0.29) is 12.5 Å². The van der Waals surface area contributed by atoms with Gasteiger partial charge in [-0.2, -0.15) is 0 Å². The van der Waals surface area contributed by atoms with Crippen LogP contribution in [0.15, 0.2) is 48.5 Å².